The zero-order valence-corrected chi connectivity index (χ0v) is 17.1. The number of rotatable bonds is 5. The standard InChI is InChI=1S/C22H15ClN4O2S/c23-19-12-10-18(11-13-19)22-14-21(17-8-6-16(15-24)7-9-17)25-27(22)26-30(28,29)20-4-2-1-3-5-20/h1-14,26H. The molecule has 148 valence electrons. The molecular formula is C22H15ClN4O2S. The van der Waals surface area contributed by atoms with Gasteiger partial charge in [0.2, 0.25) is 0 Å². The number of hydrogen-bond donors (Lipinski definition) is 1. The number of benzene rings is 3. The Bertz CT molecular complexity index is 1320. The Labute approximate surface area is 179 Å². The molecule has 3 aromatic carbocycles. The van der Waals surface area contributed by atoms with Crippen molar-refractivity contribution in [2.45, 2.75) is 4.90 Å². The number of nitrogens with one attached hydrogen (secondary N) is 1. The molecule has 0 radical (unpaired) electrons. The summed E-state index contributed by atoms with van der Waals surface area (Å²) in [6.45, 7) is 0. The number of hydrogen-bond acceptors (Lipinski definition) is 4. The summed E-state index contributed by atoms with van der Waals surface area (Å²) < 4.78 is 25.7. The van der Waals surface area contributed by atoms with Gasteiger partial charge in [-0.1, -0.05) is 54.1 Å². The highest BCUT2D eigenvalue weighted by atomic mass is 35.5. The van der Waals surface area contributed by atoms with Crippen LogP contribution in [0.2, 0.25) is 5.02 Å². The van der Waals surface area contributed by atoms with Gasteiger partial charge in [0.25, 0.3) is 10.0 Å². The van der Waals surface area contributed by atoms with Gasteiger partial charge in [-0.2, -0.15) is 28.4 Å². The molecule has 0 spiro atoms. The summed E-state index contributed by atoms with van der Waals surface area (Å²) in [4.78, 5) is 3.88. The molecule has 8 heteroatoms. The van der Waals surface area contributed by atoms with Crippen molar-refractivity contribution in [2.24, 2.45) is 0 Å². The molecule has 1 heterocycles. The first-order valence-electron chi connectivity index (χ1n) is 8.91. The van der Waals surface area contributed by atoms with Crippen LogP contribution in [0.1, 0.15) is 5.56 Å². The molecule has 30 heavy (non-hydrogen) atoms. The number of halogens is 1. The second kappa shape index (κ2) is 8.03. The fraction of sp³-hybridized carbons (Fsp3) is 0. The van der Waals surface area contributed by atoms with Crippen LogP contribution in [-0.4, -0.2) is 18.3 Å². The van der Waals surface area contributed by atoms with Gasteiger partial charge in [-0.15, -0.1) is 0 Å². The topological polar surface area (TPSA) is 87.8 Å². The lowest BCUT2D eigenvalue weighted by molar-refractivity contribution is 0.592. The van der Waals surface area contributed by atoms with Gasteiger partial charge in [0.15, 0.2) is 0 Å². The molecule has 0 saturated carbocycles. The van der Waals surface area contributed by atoms with Crippen molar-refractivity contribution >= 4 is 21.6 Å². The molecule has 0 atom stereocenters. The van der Waals surface area contributed by atoms with E-state index in [9.17, 15) is 8.42 Å². The zero-order chi connectivity index (χ0) is 21.1. The number of aromatic nitrogens is 2. The maximum absolute atomic E-state index is 12.8. The predicted octanol–water partition coefficient (Wildman–Crippen LogP) is 4.67. The van der Waals surface area contributed by atoms with E-state index >= 15 is 0 Å². The van der Waals surface area contributed by atoms with Crippen LogP contribution >= 0.6 is 11.6 Å². The van der Waals surface area contributed by atoms with Crippen LogP contribution in [0.3, 0.4) is 0 Å². The highest BCUT2D eigenvalue weighted by Gasteiger charge is 2.19. The van der Waals surface area contributed by atoms with Crippen molar-refractivity contribution in [3.05, 3.63) is 95.5 Å². The van der Waals surface area contributed by atoms with Crippen molar-refractivity contribution in [1.82, 2.24) is 9.89 Å². The Morgan fingerprint density at radius 3 is 2.17 bits per heavy atom. The van der Waals surface area contributed by atoms with E-state index in [4.69, 9.17) is 16.9 Å². The zero-order valence-electron chi connectivity index (χ0n) is 15.5. The first kappa shape index (κ1) is 19.7. The summed E-state index contributed by atoms with van der Waals surface area (Å²) >= 11 is 5.99. The van der Waals surface area contributed by atoms with Crippen LogP contribution in [-0.2, 0) is 10.0 Å². The van der Waals surface area contributed by atoms with E-state index < -0.39 is 10.0 Å². The van der Waals surface area contributed by atoms with Gasteiger partial charge < -0.3 is 0 Å². The van der Waals surface area contributed by atoms with Crippen LogP contribution in [0, 0.1) is 11.3 Å². The van der Waals surface area contributed by atoms with Gasteiger partial charge >= 0.3 is 0 Å². The Balaban J connectivity index is 1.80. The number of nitrogens with zero attached hydrogens (tertiary/aromatic N) is 3. The van der Waals surface area contributed by atoms with Crippen molar-refractivity contribution in [3.8, 4) is 28.6 Å². The molecule has 0 aliphatic heterocycles. The van der Waals surface area contributed by atoms with Gasteiger partial charge in [0.05, 0.1) is 27.9 Å². The molecule has 0 unspecified atom stereocenters. The maximum Gasteiger partial charge on any atom is 0.276 e. The lowest BCUT2D eigenvalue weighted by atomic mass is 10.1. The Hall–Kier alpha value is -3.60. The smallest absolute Gasteiger partial charge is 0.200 e. The molecular weight excluding hydrogens is 420 g/mol. The van der Waals surface area contributed by atoms with Crippen molar-refractivity contribution in [3.63, 3.8) is 0 Å². The van der Waals surface area contributed by atoms with E-state index in [0.717, 1.165) is 11.1 Å². The Kier molecular flexibility index (Phi) is 5.27. The predicted molar refractivity (Wildman–Crippen MR) is 116 cm³/mol. The van der Waals surface area contributed by atoms with Crippen LogP contribution in [0.4, 0.5) is 0 Å². The van der Waals surface area contributed by atoms with E-state index in [-0.39, 0.29) is 4.90 Å². The van der Waals surface area contributed by atoms with Crippen molar-refractivity contribution in [2.75, 3.05) is 4.83 Å². The largest absolute Gasteiger partial charge is 0.276 e. The maximum atomic E-state index is 12.8. The van der Waals surface area contributed by atoms with Gasteiger partial charge in [0.1, 0.15) is 0 Å². The van der Waals surface area contributed by atoms with Gasteiger partial charge in [-0.05, 0) is 42.5 Å². The molecule has 1 aromatic heterocycles. The average Bonchev–Trinajstić information content (AvgIpc) is 3.18. The van der Waals surface area contributed by atoms with Crippen LogP contribution < -0.4 is 4.83 Å². The molecule has 4 rings (SSSR count). The Morgan fingerprint density at radius 1 is 0.900 bits per heavy atom. The summed E-state index contributed by atoms with van der Waals surface area (Å²) in [6.07, 6.45) is 0. The molecule has 0 fully saturated rings. The minimum absolute atomic E-state index is 0.127. The lowest BCUT2D eigenvalue weighted by Gasteiger charge is -2.11. The summed E-state index contributed by atoms with van der Waals surface area (Å²) in [7, 11) is -3.85. The molecule has 0 saturated heterocycles. The normalized spacial score (nSPS) is 11.1. The van der Waals surface area contributed by atoms with E-state index in [1.807, 2.05) is 0 Å². The summed E-state index contributed by atoms with van der Waals surface area (Å²) in [5, 5.41) is 14.0. The highest BCUT2D eigenvalue weighted by molar-refractivity contribution is 7.92. The monoisotopic (exact) mass is 434 g/mol. The quantitative estimate of drug-likeness (QED) is 0.494. The fourth-order valence-corrected chi connectivity index (χ4v) is 4.01. The van der Waals surface area contributed by atoms with Gasteiger partial charge in [0, 0.05) is 16.1 Å². The molecule has 1 N–H and O–H groups in total. The Morgan fingerprint density at radius 2 is 1.53 bits per heavy atom. The lowest BCUT2D eigenvalue weighted by Crippen LogP contribution is -2.25. The number of nitriles is 1. The SMILES string of the molecule is N#Cc1ccc(-c2cc(-c3ccc(Cl)cc3)n(NS(=O)(=O)c3ccccc3)n2)cc1. The van der Waals surface area contributed by atoms with Crippen molar-refractivity contribution in [1.29, 1.82) is 5.26 Å². The van der Waals surface area contributed by atoms with Crippen LogP contribution in [0.5, 0.6) is 0 Å². The van der Waals surface area contributed by atoms with E-state index in [1.54, 1.807) is 72.8 Å². The average molecular weight is 435 g/mol. The second-order valence-electron chi connectivity index (χ2n) is 6.43. The first-order valence-corrected chi connectivity index (χ1v) is 10.8. The number of sulfonamides is 1. The molecule has 0 bridgehead atoms. The van der Waals surface area contributed by atoms with Gasteiger partial charge in [-0.25, -0.2) is 0 Å². The van der Waals surface area contributed by atoms with Crippen LogP contribution in [0.25, 0.3) is 22.5 Å². The molecule has 0 amide bonds. The van der Waals surface area contributed by atoms with E-state index in [2.05, 4.69) is 16.0 Å². The minimum Gasteiger partial charge on any atom is -0.200 e. The third-order valence-corrected chi connectivity index (χ3v) is 5.98. The first-order chi connectivity index (χ1) is 14.5. The molecule has 0 aliphatic rings. The fourth-order valence-electron chi connectivity index (χ4n) is 2.90. The van der Waals surface area contributed by atoms with Crippen LogP contribution in [0.15, 0.2) is 89.8 Å². The summed E-state index contributed by atoms with van der Waals surface area (Å²) in [5.74, 6) is 0. The van der Waals surface area contributed by atoms with E-state index in [0.29, 0.717) is 22.0 Å². The third-order valence-electron chi connectivity index (χ3n) is 4.42. The van der Waals surface area contributed by atoms with Gasteiger partial charge in [-0.3, -0.25) is 0 Å². The summed E-state index contributed by atoms with van der Waals surface area (Å²) in [5.41, 5.74) is 3.12. The summed E-state index contributed by atoms with van der Waals surface area (Å²) in [6, 6.07) is 25.8. The minimum atomic E-state index is -3.85. The van der Waals surface area contributed by atoms with E-state index in [1.165, 1.54) is 16.9 Å². The second-order valence-corrected chi connectivity index (χ2v) is 8.53. The molecule has 4 aromatic rings. The van der Waals surface area contributed by atoms with Crippen molar-refractivity contribution < 1.29 is 8.42 Å². The highest BCUT2D eigenvalue weighted by Crippen LogP contribution is 2.27. The third kappa shape index (κ3) is 4.06. The molecule has 0 aliphatic carbocycles. The molecule has 6 nitrogen and oxygen atoms in total.